The first-order valence-electron chi connectivity index (χ1n) is 10.3. The Kier molecular flexibility index (Phi) is 7.01. The number of hydrogen-bond acceptors (Lipinski definition) is 4. The second-order valence-electron chi connectivity index (χ2n) is 7.20. The van der Waals surface area contributed by atoms with Crippen molar-refractivity contribution in [3.8, 4) is 22.9 Å². The molecule has 0 unspecified atom stereocenters. The summed E-state index contributed by atoms with van der Waals surface area (Å²) in [4.78, 5) is 12.5. The van der Waals surface area contributed by atoms with Crippen molar-refractivity contribution in [3.63, 3.8) is 0 Å². The molecular weight excluding hydrogens is 414 g/mol. The van der Waals surface area contributed by atoms with Crippen LogP contribution in [0, 0.1) is 11.3 Å². The van der Waals surface area contributed by atoms with Crippen molar-refractivity contribution in [2.75, 3.05) is 5.75 Å². The van der Waals surface area contributed by atoms with Crippen molar-refractivity contribution in [3.05, 3.63) is 126 Å². The molecule has 3 nitrogen and oxygen atoms in total. The van der Waals surface area contributed by atoms with Crippen LogP contribution in [0.25, 0.3) is 11.1 Å². The fourth-order valence-corrected chi connectivity index (χ4v) is 4.47. The van der Waals surface area contributed by atoms with Crippen molar-refractivity contribution in [1.82, 2.24) is 0 Å². The average Bonchev–Trinajstić information content (AvgIpc) is 2.86. The van der Waals surface area contributed by atoms with Gasteiger partial charge in [-0.1, -0.05) is 84.9 Å². The molecule has 0 atom stereocenters. The highest BCUT2D eigenvalue weighted by atomic mass is 32.2. The van der Waals surface area contributed by atoms with Crippen molar-refractivity contribution in [2.24, 2.45) is 0 Å². The average molecular weight is 436 g/mol. The van der Waals surface area contributed by atoms with Gasteiger partial charge < -0.3 is 4.74 Å². The van der Waals surface area contributed by atoms with Gasteiger partial charge in [-0.2, -0.15) is 5.26 Å². The van der Waals surface area contributed by atoms with E-state index in [1.165, 1.54) is 0 Å². The quantitative estimate of drug-likeness (QED) is 0.241. The predicted octanol–water partition coefficient (Wildman–Crippen LogP) is 6.65. The standard InChI is InChI=1S/C28H21NO2S/c29-19-21-11-13-22(14-12-21)23-15-17-26(18-16-23)31-27(30)20-32-28(24-7-3-1-4-8-24)25-9-5-2-6-10-25/h1-18,28H,20H2. The lowest BCUT2D eigenvalue weighted by atomic mass is 10.0. The third-order valence-electron chi connectivity index (χ3n) is 5.01. The summed E-state index contributed by atoms with van der Waals surface area (Å²) in [5.41, 5.74) is 4.94. The highest BCUT2D eigenvalue weighted by molar-refractivity contribution is 8.00. The summed E-state index contributed by atoms with van der Waals surface area (Å²) in [6.07, 6.45) is 0. The van der Waals surface area contributed by atoms with Gasteiger partial charge >= 0.3 is 5.97 Å². The molecule has 4 aromatic carbocycles. The molecule has 0 aromatic heterocycles. The summed E-state index contributed by atoms with van der Waals surface area (Å²) in [5, 5.41) is 8.99. The second kappa shape index (κ2) is 10.5. The first kappa shape index (κ1) is 21.4. The van der Waals surface area contributed by atoms with Crippen LogP contribution in [-0.4, -0.2) is 11.7 Å². The highest BCUT2D eigenvalue weighted by Gasteiger charge is 2.17. The molecule has 0 aliphatic carbocycles. The van der Waals surface area contributed by atoms with Gasteiger partial charge in [-0.25, -0.2) is 0 Å². The SMILES string of the molecule is N#Cc1ccc(-c2ccc(OC(=O)CSC(c3ccccc3)c3ccccc3)cc2)cc1. The van der Waals surface area contributed by atoms with Crippen LogP contribution in [-0.2, 0) is 4.79 Å². The molecule has 0 radical (unpaired) electrons. The number of benzene rings is 4. The van der Waals surface area contributed by atoms with Gasteiger partial charge in [0.15, 0.2) is 0 Å². The van der Waals surface area contributed by atoms with Crippen molar-refractivity contribution >= 4 is 17.7 Å². The van der Waals surface area contributed by atoms with E-state index in [0.717, 1.165) is 22.3 Å². The maximum absolute atomic E-state index is 12.5. The first-order valence-corrected chi connectivity index (χ1v) is 11.3. The zero-order valence-electron chi connectivity index (χ0n) is 17.3. The number of nitrogens with zero attached hydrogens (tertiary/aromatic N) is 1. The molecule has 4 heteroatoms. The van der Waals surface area contributed by atoms with Crippen LogP contribution in [0.1, 0.15) is 21.9 Å². The molecule has 0 bridgehead atoms. The highest BCUT2D eigenvalue weighted by Crippen LogP contribution is 2.35. The van der Waals surface area contributed by atoms with Crippen molar-refractivity contribution < 1.29 is 9.53 Å². The largest absolute Gasteiger partial charge is 0.426 e. The Morgan fingerprint density at radius 3 is 1.75 bits per heavy atom. The fourth-order valence-electron chi connectivity index (χ4n) is 3.41. The van der Waals surface area contributed by atoms with E-state index < -0.39 is 0 Å². The van der Waals surface area contributed by atoms with Gasteiger partial charge in [-0.3, -0.25) is 4.79 Å². The molecule has 4 rings (SSSR count). The summed E-state index contributed by atoms with van der Waals surface area (Å²) in [7, 11) is 0. The van der Waals surface area contributed by atoms with E-state index in [-0.39, 0.29) is 17.0 Å². The molecule has 0 fully saturated rings. The predicted molar refractivity (Wildman–Crippen MR) is 129 cm³/mol. The third-order valence-corrected chi connectivity index (χ3v) is 6.29. The molecular formula is C28H21NO2S. The Morgan fingerprint density at radius 2 is 1.25 bits per heavy atom. The molecule has 0 saturated carbocycles. The summed E-state index contributed by atoms with van der Waals surface area (Å²) in [5.74, 6) is 0.480. The molecule has 0 aliphatic heterocycles. The van der Waals surface area contributed by atoms with Crippen LogP contribution >= 0.6 is 11.8 Å². The Morgan fingerprint density at radius 1 is 0.750 bits per heavy atom. The fraction of sp³-hybridized carbons (Fsp3) is 0.0714. The Bertz CT molecular complexity index is 1160. The molecule has 32 heavy (non-hydrogen) atoms. The lowest BCUT2D eigenvalue weighted by Gasteiger charge is -2.17. The van der Waals surface area contributed by atoms with Crippen LogP contribution in [0.5, 0.6) is 5.75 Å². The van der Waals surface area contributed by atoms with Crippen LogP contribution in [0.3, 0.4) is 0 Å². The number of nitriles is 1. The lowest BCUT2D eigenvalue weighted by Crippen LogP contribution is -2.12. The maximum Gasteiger partial charge on any atom is 0.321 e. The number of ether oxygens (including phenoxy) is 1. The van der Waals surface area contributed by atoms with E-state index in [4.69, 9.17) is 10.00 Å². The summed E-state index contributed by atoms with van der Waals surface area (Å²) in [6.45, 7) is 0. The van der Waals surface area contributed by atoms with E-state index in [0.29, 0.717) is 11.3 Å². The van der Waals surface area contributed by atoms with Gasteiger partial charge in [-0.15, -0.1) is 11.8 Å². The number of esters is 1. The van der Waals surface area contributed by atoms with Crippen molar-refractivity contribution in [1.29, 1.82) is 5.26 Å². The van der Waals surface area contributed by atoms with Gasteiger partial charge in [0, 0.05) is 0 Å². The molecule has 156 valence electrons. The molecule has 0 amide bonds. The lowest BCUT2D eigenvalue weighted by molar-refractivity contribution is -0.131. The number of thioether (sulfide) groups is 1. The van der Waals surface area contributed by atoms with Crippen LogP contribution in [0.2, 0.25) is 0 Å². The number of carbonyl (C=O) groups excluding carboxylic acids is 1. The van der Waals surface area contributed by atoms with Gasteiger partial charge in [0.25, 0.3) is 0 Å². The minimum atomic E-state index is -0.280. The van der Waals surface area contributed by atoms with Crippen molar-refractivity contribution in [2.45, 2.75) is 5.25 Å². The summed E-state index contributed by atoms with van der Waals surface area (Å²) < 4.78 is 5.56. The van der Waals surface area contributed by atoms with E-state index in [9.17, 15) is 4.79 Å². The van der Waals surface area contributed by atoms with E-state index >= 15 is 0 Å². The topological polar surface area (TPSA) is 50.1 Å². The second-order valence-corrected chi connectivity index (χ2v) is 8.29. The monoisotopic (exact) mass is 435 g/mol. The number of carbonyl (C=O) groups is 1. The zero-order valence-corrected chi connectivity index (χ0v) is 18.2. The number of rotatable bonds is 7. The Labute approximate surface area is 192 Å². The molecule has 0 heterocycles. The molecule has 0 N–H and O–H groups in total. The Hall–Kier alpha value is -3.81. The third kappa shape index (κ3) is 5.46. The van der Waals surface area contributed by atoms with E-state index in [1.807, 2.05) is 60.7 Å². The first-order chi connectivity index (χ1) is 15.7. The minimum absolute atomic E-state index is 0.0590. The molecule has 0 spiro atoms. The van der Waals surface area contributed by atoms with Crippen LogP contribution in [0.15, 0.2) is 109 Å². The normalized spacial score (nSPS) is 10.5. The van der Waals surface area contributed by atoms with Gasteiger partial charge in [-0.05, 0) is 46.5 Å². The smallest absolute Gasteiger partial charge is 0.321 e. The van der Waals surface area contributed by atoms with E-state index in [2.05, 4.69) is 30.3 Å². The summed E-state index contributed by atoms with van der Waals surface area (Å²) >= 11 is 1.56. The van der Waals surface area contributed by atoms with Gasteiger partial charge in [0.2, 0.25) is 0 Å². The summed E-state index contributed by atoms with van der Waals surface area (Å²) in [6, 6.07) is 37.3. The molecule has 4 aromatic rings. The maximum atomic E-state index is 12.5. The van der Waals surface area contributed by atoms with E-state index in [1.54, 1.807) is 36.0 Å². The Balaban J connectivity index is 1.39. The van der Waals surface area contributed by atoms with Crippen LogP contribution in [0.4, 0.5) is 0 Å². The molecule has 0 saturated heterocycles. The van der Waals surface area contributed by atoms with Gasteiger partial charge in [0.1, 0.15) is 5.75 Å². The number of hydrogen-bond donors (Lipinski definition) is 0. The minimum Gasteiger partial charge on any atom is -0.426 e. The zero-order chi connectivity index (χ0) is 22.2. The van der Waals surface area contributed by atoms with Gasteiger partial charge in [0.05, 0.1) is 22.6 Å². The molecule has 0 aliphatic rings. The van der Waals surface area contributed by atoms with Crippen LogP contribution < -0.4 is 4.74 Å².